The topological polar surface area (TPSA) is 70.0 Å². The first-order chi connectivity index (χ1) is 9.44. The number of anilines is 1. The molecule has 0 saturated carbocycles. The predicted octanol–water partition coefficient (Wildman–Crippen LogP) is 3.26. The molecule has 20 heavy (non-hydrogen) atoms. The summed E-state index contributed by atoms with van der Waals surface area (Å²) in [5.41, 5.74) is -0.192. The van der Waals surface area contributed by atoms with Crippen molar-refractivity contribution in [1.29, 1.82) is 5.26 Å². The zero-order valence-corrected chi connectivity index (χ0v) is 12.4. The summed E-state index contributed by atoms with van der Waals surface area (Å²) in [6.45, 7) is 0. The number of nitrogens with zero attached hydrogens (tertiary/aromatic N) is 1. The molecule has 1 N–H and O–H groups in total. The van der Waals surface area contributed by atoms with E-state index in [1.165, 1.54) is 12.1 Å². The van der Waals surface area contributed by atoms with E-state index in [-0.39, 0.29) is 4.90 Å². The average molecular weight is 355 g/mol. The molecule has 7 heteroatoms. The van der Waals surface area contributed by atoms with Crippen molar-refractivity contribution in [2.75, 3.05) is 4.72 Å². The highest BCUT2D eigenvalue weighted by atomic mass is 79.9. The SMILES string of the molecule is N#Cc1c(F)cccc1S(=O)(=O)Nc1cccc(Br)c1. The van der Waals surface area contributed by atoms with Gasteiger partial charge in [-0.3, -0.25) is 4.72 Å². The van der Waals surface area contributed by atoms with Crippen molar-refractivity contribution in [3.63, 3.8) is 0 Å². The Bertz CT molecular complexity index is 800. The minimum absolute atomic E-state index is 0.313. The van der Waals surface area contributed by atoms with Crippen LogP contribution in [0.15, 0.2) is 51.8 Å². The summed E-state index contributed by atoms with van der Waals surface area (Å²) < 4.78 is 40.9. The lowest BCUT2D eigenvalue weighted by Gasteiger charge is -2.09. The highest BCUT2D eigenvalue weighted by molar-refractivity contribution is 9.10. The number of rotatable bonds is 3. The monoisotopic (exact) mass is 354 g/mol. The lowest BCUT2D eigenvalue weighted by atomic mass is 10.2. The largest absolute Gasteiger partial charge is 0.280 e. The molecule has 0 unspecified atom stereocenters. The number of hydrogen-bond acceptors (Lipinski definition) is 3. The Morgan fingerprint density at radius 3 is 2.55 bits per heavy atom. The summed E-state index contributed by atoms with van der Waals surface area (Å²) in [6.07, 6.45) is 0. The van der Waals surface area contributed by atoms with Crippen LogP contribution in [-0.4, -0.2) is 8.42 Å². The van der Waals surface area contributed by atoms with Crippen LogP contribution in [0.4, 0.5) is 10.1 Å². The molecule has 0 aromatic heterocycles. The van der Waals surface area contributed by atoms with Gasteiger partial charge in [0.25, 0.3) is 10.0 Å². The van der Waals surface area contributed by atoms with Gasteiger partial charge in [-0.1, -0.05) is 28.1 Å². The molecule has 2 aromatic carbocycles. The van der Waals surface area contributed by atoms with E-state index >= 15 is 0 Å². The molecule has 0 atom stereocenters. The van der Waals surface area contributed by atoms with Crippen molar-refractivity contribution in [3.05, 3.63) is 58.3 Å². The van der Waals surface area contributed by atoms with Gasteiger partial charge in [0.15, 0.2) is 0 Å². The lowest BCUT2D eigenvalue weighted by molar-refractivity contribution is 0.593. The predicted molar refractivity (Wildman–Crippen MR) is 76.1 cm³/mol. The molecule has 2 rings (SSSR count). The van der Waals surface area contributed by atoms with Gasteiger partial charge in [-0.25, -0.2) is 12.8 Å². The van der Waals surface area contributed by atoms with E-state index in [1.807, 2.05) is 0 Å². The molecule has 0 aliphatic heterocycles. The molecule has 0 fully saturated rings. The van der Waals surface area contributed by atoms with Crippen LogP contribution in [0, 0.1) is 17.1 Å². The van der Waals surface area contributed by atoms with Gasteiger partial charge in [0.05, 0.1) is 0 Å². The normalized spacial score (nSPS) is 10.8. The van der Waals surface area contributed by atoms with Gasteiger partial charge in [0.1, 0.15) is 22.3 Å². The molecule has 0 bridgehead atoms. The second-order valence-corrected chi connectivity index (χ2v) is 6.41. The maximum Gasteiger partial charge on any atom is 0.263 e. The van der Waals surface area contributed by atoms with Crippen LogP contribution in [0.25, 0.3) is 0 Å². The van der Waals surface area contributed by atoms with Gasteiger partial charge in [-0.15, -0.1) is 0 Å². The molecule has 0 radical (unpaired) electrons. The van der Waals surface area contributed by atoms with E-state index in [0.29, 0.717) is 10.2 Å². The number of sulfonamides is 1. The van der Waals surface area contributed by atoms with Crippen LogP contribution in [0.1, 0.15) is 5.56 Å². The molecule has 0 amide bonds. The summed E-state index contributed by atoms with van der Waals surface area (Å²) in [5, 5.41) is 8.88. The molecule has 102 valence electrons. The second-order valence-electron chi connectivity index (χ2n) is 3.84. The zero-order valence-electron chi connectivity index (χ0n) is 9.97. The van der Waals surface area contributed by atoms with Crippen LogP contribution >= 0.6 is 15.9 Å². The Hall–Kier alpha value is -1.91. The lowest BCUT2D eigenvalue weighted by Crippen LogP contribution is -2.15. The summed E-state index contributed by atoms with van der Waals surface area (Å²) in [5.74, 6) is -0.871. The number of halogens is 2. The van der Waals surface area contributed by atoms with Crippen molar-refractivity contribution in [3.8, 4) is 6.07 Å². The number of nitrogens with one attached hydrogen (secondary N) is 1. The Labute approximate surface area is 124 Å². The first-order valence-corrected chi connectivity index (χ1v) is 7.68. The van der Waals surface area contributed by atoms with E-state index in [1.54, 1.807) is 30.3 Å². The molecule has 0 aliphatic carbocycles. The second kappa shape index (κ2) is 5.61. The molecular formula is C13H8BrFN2O2S. The van der Waals surface area contributed by atoms with Gasteiger partial charge >= 0.3 is 0 Å². The Kier molecular flexibility index (Phi) is 4.06. The average Bonchev–Trinajstić information content (AvgIpc) is 2.38. The van der Waals surface area contributed by atoms with Crippen molar-refractivity contribution in [1.82, 2.24) is 0 Å². The third-order valence-electron chi connectivity index (χ3n) is 2.45. The molecule has 0 heterocycles. The van der Waals surface area contributed by atoms with Crippen LogP contribution in [0.3, 0.4) is 0 Å². The summed E-state index contributed by atoms with van der Waals surface area (Å²) in [4.78, 5) is -0.389. The molecule has 0 saturated heterocycles. The fourth-order valence-electron chi connectivity index (χ4n) is 1.60. The molecular weight excluding hydrogens is 347 g/mol. The van der Waals surface area contributed by atoms with Gasteiger partial charge < -0.3 is 0 Å². The van der Waals surface area contributed by atoms with Crippen molar-refractivity contribution < 1.29 is 12.8 Å². The maximum atomic E-state index is 13.5. The summed E-state index contributed by atoms with van der Waals surface area (Å²) >= 11 is 3.22. The Balaban J connectivity index is 2.47. The van der Waals surface area contributed by atoms with Crippen molar-refractivity contribution >= 4 is 31.6 Å². The van der Waals surface area contributed by atoms with Crippen LogP contribution in [-0.2, 0) is 10.0 Å². The van der Waals surface area contributed by atoms with Gasteiger partial charge in [0.2, 0.25) is 0 Å². The minimum Gasteiger partial charge on any atom is -0.280 e. The van der Waals surface area contributed by atoms with E-state index in [4.69, 9.17) is 5.26 Å². The van der Waals surface area contributed by atoms with Gasteiger partial charge in [-0.2, -0.15) is 5.26 Å². The number of nitriles is 1. The van der Waals surface area contributed by atoms with E-state index in [0.717, 1.165) is 6.07 Å². The molecule has 0 spiro atoms. The zero-order chi connectivity index (χ0) is 14.8. The fraction of sp³-hybridized carbons (Fsp3) is 0. The van der Waals surface area contributed by atoms with Gasteiger partial charge in [0, 0.05) is 10.2 Å². The number of benzene rings is 2. The Morgan fingerprint density at radius 1 is 1.20 bits per heavy atom. The quantitative estimate of drug-likeness (QED) is 0.919. The third kappa shape index (κ3) is 2.98. The first kappa shape index (κ1) is 14.5. The molecule has 0 aliphatic rings. The van der Waals surface area contributed by atoms with Crippen LogP contribution in [0.5, 0.6) is 0 Å². The highest BCUT2D eigenvalue weighted by Gasteiger charge is 2.21. The van der Waals surface area contributed by atoms with Gasteiger partial charge in [-0.05, 0) is 30.3 Å². The molecule has 4 nitrogen and oxygen atoms in total. The van der Waals surface area contributed by atoms with Crippen LogP contribution in [0.2, 0.25) is 0 Å². The number of hydrogen-bond donors (Lipinski definition) is 1. The highest BCUT2D eigenvalue weighted by Crippen LogP contribution is 2.23. The van der Waals surface area contributed by atoms with E-state index < -0.39 is 21.4 Å². The maximum absolute atomic E-state index is 13.5. The summed E-state index contributed by atoms with van der Waals surface area (Å²) in [7, 11) is -4.03. The fourth-order valence-corrected chi connectivity index (χ4v) is 3.21. The first-order valence-electron chi connectivity index (χ1n) is 5.41. The van der Waals surface area contributed by atoms with Crippen molar-refractivity contribution in [2.24, 2.45) is 0 Å². The van der Waals surface area contributed by atoms with Crippen LogP contribution < -0.4 is 4.72 Å². The molecule has 2 aromatic rings. The minimum atomic E-state index is -4.03. The standard InChI is InChI=1S/C13H8BrFN2O2S/c14-9-3-1-4-10(7-9)17-20(18,19)13-6-2-5-12(15)11(13)8-16/h1-7,17H. The summed E-state index contributed by atoms with van der Waals surface area (Å²) in [6, 6.07) is 11.5. The van der Waals surface area contributed by atoms with E-state index in [2.05, 4.69) is 20.7 Å². The smallest absolute Gasteiger partial charge is 0.263 e. The van der Waals surface area contributed by atoms with E-state index in [9.17, 15) is 12.8 Å². The Morgan fingerprint density at radius 2 is 1.90 bits per heavy atom. The van der Waals surface area contributed by atoms with Crippen molar-refractivity contribution in [2.45, 2.75) is 4.90 Å². The third-order valence-corrected chi connectivity index (χ3v) is 4.37.